The first-order valence-electron chi connectivity index (χ1n) is 12.4. The molecular weight excluding hydrogens is 442 g/mol. The maximum atomic E-state index is 12.7. The Balaban J connectivity index is 1.56. The Bertz CT molecular complexity index is 1250. The van der Waals surface area contributed by atoms with Gasteiger partial charge < -0.3 is 20.1 Å². The minimum absolute atomic E-state index is 0.0836. The average Bonchev–Trinajstić information content (AvgIpc) is 3.35. The highest BCUT2D eigenvalue weighted by Gasteiger charge is 2.40. The fourth-order valence-corrected chi connectivity index (χ4v) is 5.33. The Morgan fingerprint density at radius 2 is 2.03 bits per heavy atom. The van der Waals surface area contributed by atoms with Gasteiger partial charge in [-0.1, -0.05) is 12.1 Å². The van der Waals surface area contributed by atoms with Crippen LogP contribution in [0.15, 0.2) is 35.3 Å². The number of carbonyl (C=O) groups excluding carboxylic acids is 2. The van der Waals surface area contributed by atoms with Crippen molar-refractivity contribution >= 4 is 23.2 Å². The molecule has 5 rings (SSSR count). The molecular formula is C28H33N3O4. The molecule has 3 heterocycles. The quantitative estimate of drug-likeness (QED) is 0.679. The maximum Gasteiger partial charge on any atom is 0.246 e. The highest BCUT2D eigenvalue weighted by atomic mass is 16.5. The van der Waals surface area contributed by atoms with E-state index in [1.807, 2.05) is 31.2 Å². The largest absolute Gasteiger partial charge is 0.490 e. The van der Waals surface area contributed by atoms with E-state index in [9.17, 15) is 9.59 Å². The Hall–Kier alpha value is -3.35. The van der Waals surface area contributed by atoms with Crippen molar-refractivity contribution in [1.82, 2.24) is 5.32 Å². The fraction of sp³-hybridized carbons (Fsp3) is 0.464. The summed E-state index contributed by atoms with van der Waals surface area (Å²) in [5.41, 5.74) is 5.34. The van der Waals surface area contributed by atoms with Crippen LogP contribution in [-0.4, -0.2) is 41.3 Å². The van der Waals surface area contributed by atoms with Gasteiger partial charge in [0.1, 0.15) is 11.6 Å². The zero-order valence-electron chi connectivity index (χ0n) is 21.1. The molecule has 1 saturated heterocycles. The molecule has 7 heteroatoms. The molecule has 1 unspecified atom stereocenters. The summed E-state index contributed by atoms with van der Waals surface area (Å²) in [4.78, 5) is 29.4. The van der Waals surface area contributed by atoms with Crippen molar-refractivity contribution in [3.8, 4) is 11.5 Å². The normalized spacial score (nSPS) is 21.3. The summed E-state index contributed by atoms with van der Waals surface area (Å²) in [5, 5.41) is 5.69. The zero-order chi connectivity index (χ0) is 25.0. The van der Waals surface area contributed by atoms with Gasteiger partial charge in [0.2, 0.25) is 11.8 Å². The van der Waals surface area contributed by atoms with Crippen molar-refractivity contribution in [3.05, 3.63) is 52.6 Å². The van der Waals surface area contributed by atoms with Crippen molar-refractivity contribution in [2.45, 2.75) is 77.5 Å². The number of hydrogen-bond acceptors (Lipinski definition) is 5. The molecule has 35 heavy (non-hydrogen) atoms. The van der Waals surface area contributed by atoms with Gasteiger partial charge in [0, 0.05) is 35.2 Å². The van der Waals surface area contributed by atoms with Crippen molar-refractivity contribution < 1.29 is 19.1 Å². The SMILES string of the molecule is CCOc1cc2c(c3c1OC(C)(C)C3)C(c1cccc(NC(=O)C3CCC(=O)N3)c1)=NC(C)(C)C2. The Morgan fingerprint density at radius 3 is 2.74 bits per heavy atom. The predicted molar refractivity (Wildman–Crippen MR) is 136 cm³/mol. The molecule has 1 fully saturated rings. The lowest BCUT2D eigenvalue weighted by Gasteiger charge is -2.31. The first kappa shape index (κ1) is 23.4. The molecule has 0 aliphatic carbocycles. The van der Waals surface area contributed by atoms with Gasteiger partial charge in [0.15, 0.2) is 11.5 Å². The third kappa shape index (κ3) is 4.51. The van der Waals surface area contributed by atoms with E-state index in [0.717, 1.165) is 46.7 Å². The van der Waals surface area contributed by atoms with Crippen LogP contribution in [0.4, 0.5) is 5.69 Å². The topological polar surface area (TPSA) is 89.0 Å². The molecule has 0 saturated carbocycles. The molecule has 0 aromatic heterocycles. The number of rotatable bonds is 5. The summed E-state index contributed by atoms with van der Waals surface area (Å²) in [5.74, 6) is 1.32. The second-order valence-electron chi connectivity index (χ2n) is 10.9. The van der Waals surface area contributed by atoms with Gasteiger partial charge in [0.25, 0.3) is 0 Å². The van der Waals surface area contributed by atoms with Gasteiger partial charge in [-0.05, 0) is 71.2 Å². The lowest BCUT2D eigenvalue weighted by molar-refractivity contribution is -0.122. The smallest absolute Gasteiger partial charge is 0.246 e. The first-order valence-corrected chi connectivity index (χ1v) is 12.4. The molecule has 3 aliphatic heterocycles. The van der Waals surface area contributed by atoms with Crippen LogP contribution in [0.5, 0.6) is 11.5 Å². The third-order valence-corrected chi connectivity index (χ3v) is 6.70. The summed E-state index contributed by atoms with van der Waals surface area (Å²) in [6, 6.07) is 9.41. The third-order valence-electron chi connectivity index (χ3n) is 6.70. The number of aliphatic imine (C=N–C) groups is 1. The first-order chi connectivity index (χ1) is 16.5. The van der Waals surface area contributed by atoms with Crippen LogP contribution in [0.2, 0.25) is 0 Å². The summed E-state index contributed by atoms with van der Waals surface area (Å²) >= 11 is 0. The molecule has 0 radical (unpaired) electrons. The lowest BCUT2D eigenvalue weighted by atomic mass is 9.81. The van der Waals surface area contributed by atoms with Gasteiger partial charge in [-0.25, -0.2) is 0 Å². The van der Waals surface area contributed by atoms with E-state index in [-0.39, 0.29) is 23.0 Å². The number of anilines is 1. The number of carbonyl (C=O) groups is 2. The van der Waals surface area contributed by atoms with E-state index in [1.54, 1.807) is 0 Å². The van der Waals surface area contributed by atoms with E-state index < -0.39 is 6.04 Å². The number of amides is 2. The minimum Gasteiger partial charge on any atom is -0.490 e. The standard InChI is InChI=1S/C28H33N3O4/c1-6-34-21-13-17-14-27(2,3)31-24(23(17)19-15-28(4,5)35-25(19)21)16-8-7-9-18(12-16)29-26(33)20-10-11-22(32)30-20/h7-9,12-13,20H,6,10-11,14-15H2,1-5H3,(H,29,33)(H,30,32). The average molecular weight is 476 g/mol. The van der Waals surface area contributed by atoms with Crippen LogP contribution in [-0.2, 0) is 22.4 Å². The molecule has 3 aliphatic rings. The number of hydrogen-bond donors (Lipinski definition) is 2. The van der Waals surface area contributed by atoms with Crippen LogP contribution in [0.25, 0.3) is 0 Å². The molecule has 2 aromatic carbocycles. The molecule has 0 bridgehead atoms. The predicted octanol–water partition coefficient (Wildman–Crippen LogP) is 4.19. The maximum absolute atomic E-state index is 12.7. The van der Waals surface area contributed by atoms with E-state index in [1.165, 1.54) is 5.56 Å². The van der Waals surface area contributed by atoms with Crippen molar-refractivity contribution in [1.29, 1.82) is 0 Å². The Morgan fingerprint density at radius 1 is 1.23 bits per heavy atom. The Kier molecular flexibility index (Phi) is 5.61. The summed E-state index contributed by atoms with van der Waals surface area (Å²) in [6.07, 6.45) is 2.47. The zero-order valence-corrected chi connectivity index (χ0v) is 21.1. The molecule has 1 atom stereocenters. The van der Waals surface area contributed by atoms with E-state index in [2.05, 4.69) is 44.4 Å². The summed E-state index contributed by atoms with van der Waals surface area (Å²) < 4.78 is 12.3. The number of fused-ring (bicyclic) bond motifs is 3. The minimum atomic E-state index is -0.488. The molecule has 0 spiro atoms. The van der Waals surface area contributed by atoms with E-state index in [4.69, 9.17) is 14.5 Å². The van der Waals surface area contributed by atoms with Gasteiger partial charge in [0.05, 0.1) is 17.9 Å². The number of ether oxygens (including phenoxy) is 2. The van der Waals surface area contributed by atoms with Gasteiger partial charge >= 0.3 is 0 Å². The summed E-state index contributed by atoms with van der Waals surface area (Å²) in [7, 11) is 0. The van der Waals surface area contributed by atoms with Crippen molar-refractivity contribution in [2.75, 3.05) is 11.9 Å². The van der Waals surface area contributed by atoms with Crippen molar-refractivity contribution in [2.24, 2.45) is 4.99 Å². The Labute approximate surface area is 206 Å². The van der Waals surface area contributed by atoms with Gasteiger partial charge in [-0.3, -0.25) is 14.6 Å². The van der Waals surface area contributed by atoms with Crippen LogP contribution in [0.1, 0.15) is 69.7 Å². The molecule has 2 aromatic rings. The second-order valence-corrected chi connectivity index (χ2v) is 10.9. The molecule has 2 amide bonds. The number of nitrogens with zero attached hydrogens (tertiary/aromatic N) is 1. The van der Waals surface area contributed by atoms with Gasteiger partial charge in [-0.15, -0.1) is 0 Å². The van der Waals surface area contributed by atoms with Crippen LogP contribution in [0, 0.1) is 0 Å². The molecule has 7 nitrogen and oxygen atoms in total. The number of benzene rings is 2. The monoisotopic (exact) mass is 475 g/mol. The van der Waals surface area contributed by atoms with E-state index >= 15 is 0 Å². The highest BCUT2D eigenvalue weighted by molar-refractivity contribution is 6.16. The van der Waals surface area contributed by atoms with Crippen LogP contribution < -0.4 is 20.1 Å². The van der Waals surface area contributed by atoms with Crippen LogP contribution >= 0.6 is 0 Å². The fourth-order valence-electron chi connectivity index (χ4n) is 5.33. The number of nitrogens with one attached hydrogen (secondary N) is 2. The second kappa shape index (κ2) is 8.40. The van der Waals surface area contributed by atoms with Gasteiger partial charge in [-0.2, -0.15) is 0 Å². The van der Waals surface area contributed by atoms with E-state index in [0.29, 0.717) is 25.1 Å². The van der Waals surface area contributed by atoms with Crippen molar-refractivity contribution in [3.63, 3.8) is 0 Å². The summed E-state index contributed by atoms with van der Waals surface area (Å²) in [6.45, 7) is 11.0. The molecule has 2 N–H and O–H groups in total. The molecule has 184 valence electrons. The lowest BCUT2D eigenvalue weighted by Crippen LogP contribution is -2.37. The highest BCUT2D eigenvalue weighted by Crippen LogP contribution is 2.48. The van der Waals surface area contributed by atoms with Crippen LogP contribution in [0.3, 0.4) is 0 Å².